The van der Waals surface area contributed by atoms with Crippen molar-refractivity contribution < 1.29 is 13.2 Å². The van der Waals surface area contributed by atoms with E-state index >= 15 is 0 Å². The molecule has 0 aromatic heterocycles. The van der Waals surface area contributed by atoms with Crippen molar-refractivity contribution in [1.29, 1.82) is 0 Å². The number of benzene rings is 1. The van der Waals surface area contributed by atoms with Crippen molar-refractivity contribution in [2.24, 2.45) is 5.41 Å². The van der Waals surface area contributed by atoms with E-state index in [0.717, 1.165) is 25.3 Å². The average Bonchev–Trinajstić information content (AvgIpc) is 2.71. The fourth-order valence-corrected chi connectivity index (χ4v) is 5.30. The van der Waals surface area contributed by atoms with Crippen molar-refractivity contribution in [3.05, 3.63) is 29.3 Å². The lowest BCUT2D eigenvalue weighted by molar-refractivity contribution is 0.184. The van der Waals surface area contributed by atoms with Crippen LogP contribution in [-0.4, -0.2) is 33.1 Å². The molecule has 2 aliphatic rings. The molecular formula is C15H21NO3S. The van der Waals surface area contributed by atoms with Crippen LogP contribution in [0.25, 0.3) is 0 Å². The summed E-state index contributed by atoms with van der Waals surface area (Å²) in [7, 11) is -2.87. The summed E-state index contributed by atoms with van der Waals surface area (Å²) < 4.78 is 29.2. The molecule has 3 rings (SSSR count). The molecule has 4 nitrogen and oxygen atoms in total. The van der Waals surface area contributed by atoms with E-state index in [2.05, 4.69) is 11.4 Å². The van der Waals surface area contributed by atoms with Gasteiger partial charge in [0, 0.05) is 17.5 Å². The molecule has 0 radical (unpaired) electrons. The fraction of sp³-hybridized carbons (Fsp3) is 0.600. The van der Waals surface area contributed by atoms with Crippen LogP contribution in [0.4, 0.5) is 0 Å². The second-order valence-electron chi connectivity index (χ2n) is 6.26. The van der Waals surface area contributed by atoms with Crippen LogP contribution in [0.1, 0.15) is 24.5 Å². The first-order valence-corrected chi connectivity index (χ1v) is 8.94. The Labute approximate surface area is 120 Å². The maximum absolute atomic E-state index is 11.6. The SMILES string of the molecule is CC1(COc2cccc3c2CNCC3)CCS(=O)(=O)C1. The highest BCUT2D eigenvalue weighted by molar-refractivity contribution is 7.91. The average molecular weight is 295 g/mol. The molecule has 0 amide bonds. The Morgan fingerprint density at radius 1 is 1.40 bits per heavy atom. The van der Waals surface area contributed by atoms with Gasteiger partial charge < -0.3 is 10.1 Å². The molecule has 1 fully saturated rings. The third-order valence-corrected chi connectivity index (χ3v) is 6.23. The fourth-order valence-electron chi connectivity index (χ4n) is 3.06. The summed E-state index contributed by atoms with van der Waals surface area (Å²) in [5, 5.41) is 3.36. The van der Waals surface area contributed by atoms with Crippen molar-refractivity contribution in [3.63, 3.8) is 0 Å². The van der Waals surface area contributed by atoms with Crippen LogP contribution < -0.4 is 10.1 Å². The van der Waals surface area contributed by atoms with E-state index in [0.29, 0.717) is 18.8 Å². The molecule has 2 aliphatic heterocycles. The third kappa shape index (κ3) is 2.83. The number of hydrogen-bond acceptors (Lipinski definition) is 4. The molecule has 2 heterocycles. The quantitative estimate of drug-likeness (QED) is 0.919. The Kier molecular flexibility index (Phi) is 3.50. The standard InChI is InChI=1S/C15H21NO3S/c1-15(6-8-20(17,18)11-15)10-19-14-4-2-3-12-5-7-16-9-13(12)14/h2-4,16H,5-11H2,1H3. The molecule has 0 spiro atoms. The van der Waals surface area contributed by atoms with Gasteiger partial charge in [-0.3, -0.25) is 0 Å². The Morgan fingerprint density at radius 2 is 2.25 bits per heavy atom. The van der Waals surface area contributed by atoms with E-state index in [-0.39, 0.29) is 11.2 Å². The molecule has 1 aromatic carbocycles. The summed E-state index contributed by atoms with van der Waals surface area (Å²) in [6.07, 6.45) is 1.72. The van der Waals surface area contributed by atoms with Gasteiger partial charge in [0.2, 0.25) is 0 Å². The molecule has 1 aromatic rings. The Morgan fingerprint density at radius 3 is 3.00 bits per heavy atom. The number of sulfone groups is 1. The minimum absolute atomic E-state index is 0.243. The molecule has 20 heavy (non-hydrogen) atoms. The monoisotopic (exact) mass is 295 g/mol. The van der Waals surface area contributed by atoms with E-state index in [1.165, 1.54) is 11.1 Å². The second kappa shape index (κ2) is 5.04. The summed E-state index contributed by atoms with van der Waals surface area (Å²) in [5.74, 6) is 1.44. The number of ether oxygens (including phenoxy) is 1. The predicted octanol–water partition coefficient (Wildman–Crippen LogP) is 1.54. The van der Waals surface area contributed by atoms with Crippen LogP contribution >= 0.6 is 0 Å². The molecule has 5 heteroatoms. The Hall–Kier alpha value is -1.07. The normalized spacial score (nSPS) is 28.1. The zero-order chi connectivity index (χ0) is 14.2. The topological polar surface area (TPSA) is 55.4 Å². The van der Waals surface area contributed by atoms with Crippen molar-refractivity contribution in [2.45, 2.75) is 26.3 Å². The van der Waals surface area contributed by atoms with Crippen LogP contribution in [0.15, 0.2) is 18.2 Å². The van der Waals surface area contributed by atoms with Crippen LogP contribution in [0.3, 0.4) is 0 Å². The smallest absolute Gasteiger partial charge is 0.151 e. The lowest BCUT2D eigenvalue weighted by Gasteiger charge is -2.25. The highest BCUT2D eigenvalue weighted by Gasteiger charge is 2.39. The summed E-state index contributed by atoms with van der Waals surface area (Å²) in [5.41, 5.74) is 2.32. The number of rotatable bonds is 3. The molecular weight excluding hydrogens is 274 g/mol. The first-order chi connectivity index (χ1) is 9.48. The first-order valence-electron chi connectivity index (χ1n) is 7.12. The van der Waals surface area contributed by atoms with Gasteiger partial charge in [-0.2, -0.15) is 0 Å². The van der Waals surface area contributed by atoms with Crippen molar-refractivity contribution in [1.82, 2.24) is 5.32 Å². The zero-order valence-electron chi connectivity index (χ0n) is 11.8. The minimum atomic E-state index is -2.87. The maximum Gasteiger partial charge on any atom is 0.151 e. The van der Waals surface area contributed by atoms with E-state index in [4.69, 9.17) is 4.74 Å². The van der Waals surface area contributed by atoms with Crippen LogP contribution in [0.5, 0.6) is 5.75 Å². The molecule has 1 atom stereocenters. The van der Waals surface area contributed by atoms with E-state index < -0.39 is 9.84 Å². The van der Waals surface area contributed by atoms with Gasteiger partial charge in [-0.15, -0.1) is 0 Å². The largest absolute Gasteiger partial charge is 0.493 e. The molecule has 1 unspecified atom stereocenters. The van der Waals surface area contributed by atoms with Gasteiger partial charge in [0.1, 0.15) is 5.75 Å². The molecule has 1 saturated heterocycles. The highest BCUT2D eigenvalue weighted by Crippen LogP contribution is 2.33. The van der Waals surface area contributed by atoms with Crippen molar-refractivity contribution >= 4 is 9.84 Å². The van der Waals surface area contributed by atoms with Crippen LogP contribution in [0.2, 0.25) is 0 Å². The van der Waals surface area contributed by atoms with Crippen LogP contribution in [0, 0.1) is 5.41 Å². The lowest BCUT2D eigenvalue weighted by atomic mass is 9.91. The summed E-state index contributed by atoms with van der Waals surface area (Å²) in [6, 6.07) is 6.15. The van der Waals surface area contributed by atoms with Gasteiger partial charge in [0.25, 0.3) is 0 Å². The number of fused-ring (bicyclic) bond motifs is 1. The number of nitrogens with one attached hydrogen (secondary N) is 1. The van der Waals surface area contributed by atoms with Crippen molar-refractivity contribution in [2.75, 3.05) is 24.7 Å². The van der Waals surface area contributed by atoms with Gasteiger partial charge in [0.05, 0.1) is 18.1 Å². The van der Waals surface area contributed by atoms with Gasteiger partial charge in [-0.05, 0) is 31.0 Å². The number of hydrogen-bond donors (Lipinski definition) is 1. The van der Waals surface area contributed by atoms with Gasteiger partial charge in [-0.25, -0.2) is 8.42 Å². The third-order valence-electron chi connectivity index (χ3n) is 4.26. The van der Waals surface area contributed by atoms with Crippen LogP contribution in [-0.2, 0) is 22.8 Å². The summed E-state index contributed by atoms with van der Waals surface area (Å²) in [6.45, 7) is 4.32. The van der Waals surface area contributed by atoms with E-state index in [1.54, 1.807) is 0 Å². The van der Waals surface area contributed by atoms with Gasteiger partial charge in [0.15, 0.2) is 9.84 Å². The van der Waals surface area contributed by atoms with Gasteiger partial charge in [-0.1, -0.05) is 19.1 Å². The minimum Gasteiger partial charge on any atom is -0.493 e. The Bertz CT molecular complexity index is 612. The van der Waals surface area contributed by atoms with E-state index in [9.17, 15) is 8.42 Å². The maximum atomic E-state index is 11.6. The summed E-state index contributed by atoms with van der Waals surface area (Å²) in [4.78, 5) is 0. The molecule has 0 bridgehead atoms. The van der Waals surface area contributed by atoms with Crippen molar-refractivity contribution in [3.8, 4) is 5.75 Å². The molecule has 0 saturated carbocycles. The van der Waals surface area contributed by atoms with Gasteiger partial charge >= 0.3 is 0 Å². The molecule has 0 aliphatic carbocycles. The lowest BCUT2D eigenvalue weighted by Crippen LogP contribution is -2.28. The molecule has 1 N–H and O–H groups in total. The Balaban J connectivity index is 1.73. The summed E-state index contributed by atoms with van der Waals surface area (Å²) >= 11 is 0. The predicted molar refractivity (Wildman–Crippen MR) is 78.7 cm³/mol. The highest BCUT2D eigenvalue weighted by atomic mass is 32.2. The second-order valence-corrected chi connectivity index (χ2v) is 8.45. The molecule has 110 valence electrons. The van der Waals surface area contributed by atoms with E-state index in [1.807, 2.05) is 19.1 Å². The zero-order valence-corrected chi connectivity index (χ0v) is 12.6. The first kappa shape index (κ1) is 13.9.